The maximum Gasteiger partial charge on any atom is -0.0195 e. The van der Waals surface area contributed by atoms with Gasteiger partial charge in [0.05, 0.1) is 0 Å². The summed E-state index contributed by atoms with van der Waals surface area (Å²) in [6.07, 6.45) is 13.2. The molecule has 8 rings (SSSR count). The van der Waals surface area contributed by atoms with E-state index in [1.54, 1.807) is 0 Å². The molecule has 8 aromatic carbocycles. The van der Waals surface area contributed by atoms with Crippen LogP contribution in [-0.2, 0) is 15.1 Å². The van der Waals surface area contributed by atoms with Crippen molar-refractivity contribution < 1.29 is 40.3 Å². The van der Waals surface area contributed by atoms with E-state index < -0.39 is 39.5 Å². The monoisotopic (exact) mass is 1260 g/mol. The Bertz CT molecular complexity index is 2230. The van der Waals surface area contributed by atoms with Crippen molar-refractivity contribution in [3.8, 4) is 0 Å². The summed E-state index contributed by atoms with van der Waals surface area (Å²) >= 11 is -0.226. The third-order valence-electron chi connectivity index (χ3n) is 11.8. The number of rotatable bonds is 23. The molecule has 16 heteroatoms. The average molecular weight is 1260 g/mol. The van der Waals surface area contributed by atoms with Gasteiger partial charge in [0.1, 0.15) is 0 Å². The van der Waals surface area contributed by atoms with Crippen LogP contribution in [-0.4, -0.2) is 61.6 Å². The van der Waals surface area contributed by atoms with Gasteiger partial charge in [-0.25, -0.2) is 0 Å². The van der Waals surface area contributed by atoms with E-state index in [0.717, 1.165) is 0 Å². The standard InChI is InChI=1S/C58H60P6.2ClH.F6P.Rh/c1-9-25-51(26-10-1)61(52-27-11-2-12-28-52)47-43-59(44-48-62(53-29-13-3-14-30-53)54-31-15-4-16-32-54)41-42-60(45-49-63(55-33-17-5-18-34-55)56-35-19-6-20-36-56)46-50-64(57-37-21-7-22-38-57)58-39-23-8-24-40-58;;;1-7(2,3,4,5)6;/h1-40H,41-50H2;2*1H;;/q;;;-1;+3/p-2. The van der Waals surface area contributed by atoms with Crippen LogP contribution in [0.5, 0.6) is 0 Å². The van der Waals surface area contributed by atoms with Crippen LogP contribution < -0.4 is 42.4 Å². The van der Waals surface area contributed by atoms with Gasteiger partial charge < -0.3 is 0 Å². The van der Waals surface area contributed by atoms with Gasteiger partial charge in [0.15, 0.2) is 0 Å². The predicted octanol–water partition coefficient (Wildman–Crippen LogP) is 17.2. The summed E-state index contributed by atoms with van der Waals surface area (Å²) in [5.74, 6) is 0. The maximum absolute atomic E-state index is 10.7. The van der Waals surface area contributed by atoms with Crippen LogP contribution >= 0.6 is 74.7 Å². The van der Waals surface area contributed by atoms with Gasteiger partial charge in [0, 0.05) is 0 Å². The van der Waals surface area contributed by atoms with Gasteiger partial charge in [-0.1, -0.05) is 243 Å². The Kier molecular flexibility index (Phi) is 25.2. The Morgan fingerprint density at radius 1 is 0.243 bits per heavy atom. The third kappa shape index (κ3) is 23.3. The van der Waals surface area contributed by atoms with Gasteiger partial charge in [-0.05, 0) is 136 Å². The quantitative estimate of drug-likeness (QED) is 0.0340. The van der Waals surface area contributed by atoms with Gasteiger partial charge in [0.25, 0.3) is 0 Å². The SMILES string of the molecule is F[P-](F)(F)(F)(F)F.[Cl][Rh+][Cl].c1ccc(P(CCP(CCP(CCP(c2ccccc2)c2ccccc2)CCP(c2ccccc2)c2ccccc2)CCP(c2ccccc2)c2ccccc2)c2ccccc2)cc1. The molecule has 0 amide bonds. The molecule has 0 aliphatic carbocycles. The zero-order valence-electron chi connectivity index (χ0n) is 40.7. The van der Waals surface area contributed by atoms with Crippen molar-refractivity contribution in [3.63, 3.8) is 0 Å². The first-order valence-corrected chi connectivity index (χ1v) is 40.2. The van der Waals surface area contributed by atoms with Crippen LogP contribution in [0.25, 0.3) is 0 Å². The van der Waals surface area contributed by atoms with E-state index in [2.05, 4.69) is 243 Å². The third-order valence-corrected chi connectivity index (χ3v) is 28.8. The molecule has 0 aliphatic rings. The van der Waals surface area contributed by atoms with Crippen molar-refractivity contribution in [2.75, 3.05) is 61.6 Å². The van der Waals surface area contributed by atoms with Crippen molar-refractivity contribution in [2.45, 2.75) is 0 Å². The molecule has 0 fully saturated rings. The van der Waals surface area contributed by atoms with E-state index in [-0.39, 0.29) is 31.0 Å². The summed E-state index contributed by atoms with van der Waals surface area (Å²) in [6.45, 7) is 0. The molecular weight excluding hydrogens is 1200 g/mol. The first kappa shape index (κ1) is 60.8. The molecule has 0 aliphatic heterocycles. The molecule has 0 aromatic heterocycles. The molecule has 0 saturated heterocycles. The van der Waals surface area contributed by atoms with Crippen LogP contribution in [0.1, 0.15) is 0 Å². The van der Waals surface area contributed by atoms with Gasteiger partial charge in [-0.3, -0.25) is 0 Å². The molecular formula is C58H60Cl2F6P7Rh. The predicted molar refractivity (Wildman–Crippen MR) is 324 cm³/mol. The molecule has 74 heavy (non-hydrogen) atoms. The molecule has 0 bridgehead atoms. The minimum absolute atomic E-state index is 0.188. The second kappa shape index (κ2) is 30.6. The van der Waals surface area contributed by atoms with Crippen LogP contribution in [0, 0.1) is 0 Å². The van der Waals surface area contributed by atoms with E-state index in [4.69, 9.17) is 19.4 Å². The molecule has 0 unspecified atom stereocenters. The summed E-state index contributed by atoms with van der Waals surface area (Å²) in [5, 5.41) is 12.1. The average Bonchev–Trinajstić information content (AvgIpc) is 3.41. The summed E-state index contributed by atoms with van der Waals surface area (Å²) in [4.78, 5) is 0. The Hall–Kier alpha value is -2.45. The molecule has 0 nitrogen and oxygen atoms in total. The normalized spacial score (nSPS) is 12.6. The number of halogens is 8. The topological polar surface area (TPSA) is 0 Å². The van der Waals surface area contributed by atoms with Crippen LogP contribution in [0.3, 0.4) is 0 Å². The van der Waals surface area contributed by atoms with Gasteiger partial charge >= 0.3 is 67.5 Å². The van der Waals surface area contributed by atoms with Crippen molar-refractivity contribution in [1.82, 2.24) is 0 Å². The van der Waals surface area contributed by atoms with Crippen molar-refractivity contribution in [2.24, 2.45) is 0 Å². The minimum atomic E-state index is -10.7. The molecule has 0 saturated carbocycles. The molecule has 0 atom stereocenters. The number of benzene rings is 8. The van der Waals surface area contributed by atoms with E-state index in [1.807, 2.05) is 0 Å². The summed E-state index contributed by atoms with van der Waals surface area (Å²) in [5.41, 5.74) is 0. The van der Waals surface area contributed by atoms with Gasteiger partial charge in [-0.2, -0.15) is 0 Å². The van der Waals surface area contributed by atoms with E-state index in [1.165, 1.54) is 104 Å². The zero-order chi connectivity index (χ0) is 52.6. The van der Waals surface area contributed by atoms with Gasteiger partial charge in [-0.15, -0.1) is 15.8 Å². The summed E-state index contributed by atoms with van der Waals surface area (Å²) < 4.78 is 59.2. The maximum atomic E-state index is 9.87. The largest absolute Gasteiger partial charge is 0.106 e. The van der Waals surface area contributed by atoms with Crippen LogP contribution in [0.4, 0.5) is 25.2 Å². The molecule has 0 radical (unpaired) electrons. The smallest absolute Gasteiger partial charge is 0.0195 e. The van der Waals surface area contributed by atoms with Crippen molar-refractivity contribution in [1.29, 1.82) is 0 Å². The van der Waals surface area contributed by atoms with E-state index in [9.17, 15) is 25.2 Å². The fraction of sp³-hybridized carbons (Fsp3) is 0.172. The fourth-order valence-corrected chi connectivity index (χ4v) is 27.3. The Labute approximate surface area is 458 Å². The van der Waals surface area contributed by atoms with Gasteiger partial charge in [0.2, 0.25) is 0 Å². The summed E-state index contributed by atoms with van der Waals surface area (Å²) in [7, 11) is -3.07. The molecule has 0 spiro atoms. The Morgan fingerprint density at radius 2 is 0.351 bits per heavy atom. The first-order chi connectivity index (χ1) is 35.6. The Balaban J connectivity index is 0.000000815. The first-order valence-electron chi connectivity index (χ1n) is 24.0. The second-order valence-corrected chi connectivity index (χ2v) is 36.1. The molecule has 392 valence electrons. The molecule has 0 N–H and O–H groups in total. The summed E-state index contributed by atoms with van der Waals surface area (Å²) in [6, 6.07) is 91.6. The van der Waals surface area contributed by atoms with Crippen LogP contribution in [0.15, 0.2) is 243 Å². The van der Waals surface area contributed by atoms with Crippen molar-refractivity contribution >= 4 is 117 Å². The van der Waals surface area contributed by atoms with Crippen LogP contribution in [0.2, 0.25) is 0 Å². The minimum Gasteiger partial charge on any atom is -0.106 e. The fourth-order valence-electron chi connectivity index (χ4n) is 8.41. The number of hydrogen-bond donors (Lipinski definition) is 0. The second-order valence-electron chi connectivity index (χ2n) is 17.0. The number of hydrogen-bond acceptors (Lipinski definition) is 0. The van der Waals surface area contributed by atoms with Crippen molar-refractivity contribution in [3.05, 3.63) is 243 Å². The Morgan fingerprint density at radius 3 is 0.473 bits per heavy atom. The zero-order valence-corrected chi connectivity index (χ0v) is 50.1. The molecule has 0 heterocycles. The molecule has 8 aromatic rings. The van der Waals surface area contributed by atoms with E-state index in [0.29, 0.717) is 0 Å². The van der Waals surface area contributed by atoms with E-state index >= 15 is 0 Å².